The third-order valence-electron chi connectivity index (χ3n) is 7.46. The van der Waals surface area contributed by atoms with Crippen LogP contribution in [0.15, 0.2) is 17.1 Å². The lowest BCUT2D eigenvalue weighted by Crippen LogP contribution is -2.42. The Labute approximate surface area is 191 Å². The standard InChI is InChI=1S/C22H34N4O2.HI/c1-14-6-3-4-7-17(14)13-25-22(23-2)24-10-5-11-26-20(27)18-15-8-9-16(12-15)19(18)21(26)28;/h8-9,14-19H,3-7,10-13H2,1-2H3,(H2,23,24,25);1H. The second-order valence-corrected chi connectivity index (χ2v) is 9.08. The number of fused-ring (bicyclic) bond motifs is 5. The maximum absolute atomic E-state index is 12.7. The average Bonchev–Trinajstić information content (AvgIpc) is 3.37. The maximum atomic E-state index is 12.7. The summed E-state index contributed by atoms with van der Waals surface area (Å²) in [7, 11) is 1.79. The predicted molar refractivity (Wildman–Crippen MR) is 125 cm³/mol. The minimum absolute atomic E-state index is 0. The van der Waals surface area contributed by atoms with Gasteiger partial charge in [0.15, 0.2) is 5.96 Å². The van der Waals surface area contributed by atoms with Crippen molar-refractivity contribution < 1.29 is 9.59 Å². The number of aliphatic imine (C=N–C) groups is 1. The fourth-order valence-corrected chi connectivity index (χ4v) is 5.77. The highest BCUT2D eigenvalue weighted by Gasteiger charge is 2.58. The molecule has 6 unspecified atom stereocenters. The van der Waals surface area contributed by atoms with Crippen LogP contribution < -0.4 is 10.6 Å². The molecule has 1 aliphatic heterocycles. The van der Waals surface area contributed by atoms with Crippen LogP contribution in [0.3, 0.4) is 0 Å². The zero-order chi connectivity index (χ0) is 19.7. The van der Waals surface area contributed by atoms with Gasteiger partial charge in [-0.1, -0.05) is 38.3 Å². The molecular formula is C22H35IN4O2. The summed E-state index contributed by atoms with van der Waals surface area (Å²) in [6, 6.07) is 0. The molecule has 0 radical (unpaired) electrons. The van der Waals surface area contributed by atoms with Crippen LogP contribution in [0.25, 0.3) is 0 Å². The van der Waals surface area contributed by atoms with E-state index in [1.165, 1.54) is 30.6 Å². The van der Waals surface area contributed by atoms with E-state index in [9.17, 15) is 9.59 Å². The van der Waals surface area contributed by atoms with E-state index < -0.39 is 0 Å². The third kappa shape index (κ3) is 4.49. The number of carbonyl (C=O) groups is 2. The number of nitrogens with one attached hydrogen (secondary N) is 2. The summed E-state index contributed by atoms with van der Waals surface area (Å²) in [4.78, 5) is 31.2. The van der Waals surface area contributed by atoms with Crippen LogP contribution in [0.5, 0.6) is 0 Å². The number of carbonyl (C=O) groups excluding carboxylic acids is 2. The topological polar surface area (TPSA) is 73.8 Å². The van der Waals surface area contributed by atoms with Crippen LogP contribution in [0.2, 0.25) is 0 Å². The number of hydrogen-bond donors (Lipinski definition) is 2. The molecule has 3 aliphatic carbocycles. The first-order valence-electron chi connectivity index (χ1n) is 11.1. The normalized spacial score (nSPS) is 35.7. The summed E-state index contributed by atoms with van der Waals surface area (Å²) >= 11 is 0. The highest BCUT2D eigenvalue weighted by Crippen LogP contribution is 2.52. The van der Waals surface area contributed by atoms with Crippen molar-refractivity contribution in [3.63, 3.8) is 0 Å². The molecule has 2 bridgehead atoms. The number of likely N-dealkylation sites (tertiary alicyclic amines) is 1. The minimum Gasteiger partial charge on any atom is -0.356 e. The number of rotatable bonds is 6. The van der Waals surface area contributed by atoms with Crippen molar-refractivity contribution >= 4 is 41.8 Å². The lowest BCUT2D eigenvalue weighted by atomic mass is 9.80. The van der Waals surface area contributed by atoms with Gasteiger partial charge in [-0.25, -0.2) is 0 Å². The number of allylic oxidation sites excluding steroid dienone is 2. The zero-order valence-corrected chi connectivity index (χ0v) is 19.9. The number of guanidine groups is 1. The number of amides is 2. The van der Waals surface area contributed by atoms with Crippen molar-refractivity contribution in [2.45, 2.75) is 45.4 Å². The molecule has 0 aromatic rings. The molecule has 0 aromatic carbocycles. The first-order valence-corrected chi connectivity index (χ1v) is 11.1. The highest BCUT2D eigenvalue weighted by atomic mass is 127. The van der Waals surface area contributed by atoms with Gasteiger partial charge in [0.05, 0.1) is 11.8 Å². The number of nitrogens with zero attached hydrogens (tertiary/aromatic N) is 2. The van der Waals surface area contributed by atoms with E-state index in [0.717, 1.165) is 37.2 Å². The summed E-state index contributed by atoms with van der Waals surface area (Å²) in [6.45, 7) is 4.52. The summed E-state index contributed by atoms with van der Waals surface area (Å²) in [5, 5.41) is 6.79. The van der Waals surface area contributed by atoms with E-state index in [4.69, 9.17) is 0 Å². The second kappa shape index (κ2) is 9.79. The van der Waals surface area contributed by atoms with Crippen molar-refractivity contribution in [2.24, 2.45) is 40.5 Å². The molecule has 2 N–H and O–H groups in total. The van der Waals surface area contributed by atoms with Crippen LogP contribution in [0, 0.1) is 35.5 Å². The Kier molecular flexibility index (Phi) is 7.62. The molecule has 4 aliphatic rings. The number of imide groups is 1. The molecule has 2 saturated carbocycles. The quantitative estimate of drug-likeness (QED) is 0.143. The van der Waals surface area contributed by atoms with Gasteiger partial charge in [-0.05, 0) is 42.9 Å². The van der Waals surface area contributed by atoms with E-state index in [-0.39, 0.29) is 47.6 Å². The Morgan fingerprint density at radius 1 is 1.10 bits per heavy atom. The average molecular weight is 514 g/mol. The monoisotopic (exact) mass is 514 g/mol. The molecule has 0 spiro atoms. The van der Waals surface area contributed by atoms with Gasteiger partial charge in [0.1, 0.15) is 0 Å². The van der Waals surface area contributed by atoms with Crippen molar-refractivity contribution in [3.05, 3.63) is 12.2 Å². The minimum atomic E-state index is -0.0811. The first kappa shape index (κ1) is 22.6. The number of hydrogen-bond acceptors (Lipinski definition) is 3. The lowest BCUT2D eigenvalue weighted by molar-refractivity contribution is -0.140. The summed E-state index contributed by atoms with van der Waals surface area (Å²) in [5.41, 5.74) is 0. The molecule has 1 heterocycles. The van der Waals surface area contributed by atoms with Gasteiger partial charge in [-0.15, -0.1) is 24.0 Å². The molecular weight excluding hydrogens is 479 g/mol. The Hall–Kier alpha value is -1.12. The second-order valence-electron chi connectivity index (χ2n) is 9.08. The molecule has 162 valence electrons. The Balaban J connectivity index is 0.00000240. The highest BCUT2D eigenvalue weighted by molar-refractivity contribution is 14.0. The van der Waals surface area contributed by atoms with Crippen molar-refractivity contribution in [3.8, 4) is 0 Å². The third-order valence-corrected chi connectivity index (χ3v) is 7.46. The van der Waals surface area contributed by atoms with E-state index in [1.807, 2.05) is 0 Å². The van der Waals surface area contributed by atoms with Gasteiger partial charge in [0.25, 0.3) is 0 Å². The molecule has 4 rings (SSSR count). The molecule has 1 saturated heterocycles. The summed E-state index contributed by atoms with van der Waals surface area (Å²) < 4.78 is 0. The largest absolute Gasteiger partial charge is 0.356 e. The SMILES string of the molecule is CN=C(NCCCN1C(=O)C2C3C=CC(C3)C2C1=O)NCC1CCCCC1C.I. The fourth-order valence-electron chi connectivity index (χ4n) is 5.77. The van der Waals surface area contributed by atoms with Gasteiger partial charge in [0.2, 0.25) is 11.8 Å². The molecule has 6 nitrogen and oxygen atoms in total. The van der Waals surface area contributed by atoms with Crippen LogP contribution in [-0.4, -0.2) is 49.4 Å². The van der Waals surface area contributed by atoms with Crippen molar-refractivity contribution in [2.75, 3.05) is 26.7 Å². The van der Waals surface area contributed by atoms with Crippen LogP contribution in [0.4, 0.5) is 0 Å². The smallest absolute Gasteiger partial charge is 0.233 e. The fraction of sp³-hybridized carbons (Fsp3) is 0.773. The zero-order valence-electron chi connectivity index (χ0n) is 17.6. The van der Waals surface area contributed by atoms with Gasteiger partial charge in [-0.2, -0.15) is 0 Å². The number of halogens is 1. The Bertz CT molecular complexity index is 650. The predicted octanol–water partition coefficient (Wildman–Crippen LogP) is 2.79. The Morgan fingerprint density at radius 3 is 2.38 bits per heavy atom. The molecule has 3 fully saturated rings. The van der Waals surface area contributed by atoms with Crippen LogP contribution in [-0.2, 0) is 9.59 Å². The van der Waals surface area contributed by atoms with Crippen LogP contribution >= 0.6 is 24.0 Å². The van der Waals surface area contributed by atoms with Gasteiger partial charge in [0, 0.05) is 26.7 Å². The molecule has 29 heavy (non-hydrogen) atoms. The molecule has 2 amide bonds. The van der Waals surface area contributed by atoms with Gasteiger partial charge < -0.3 is 10.6 Å². The molecule has 0 aromatic heterocycles. The Morgan fingerprint density at radius 2 is 1.76 bits per heavy atom. The maximum Gasteiger partial charge on any atom is 0.233 e. The van der Waals surface area contributed by atoms with E-state index in [1.54, 1.807) is 7.05 Å². The van der Waals surface area contributed by atoms with Crippen molar-refractivity contribution in [1.29, 1.82) is 0 Å². The molecule has 7 heteroatoms. The first-order chi connectivity index (χ1) is 13.6. The van der Waals surface area contributed by atoms with Crippen LogP contribution in [0.1, 0.15) is 45.4 Å². The van der Waals surface area contributed by atoms with Crippen molar-refractivity contribution in [1.82, 2.24) is 15.5 Å². The van der Waals surface area contributed by atoms with Gasteiger partial charge >= 0.3 is 0 Å². The summed E-state index contributed by atoms with van der Waals surface area (Å²) in [6.07, 6.45) is 11.3. The van der Waals surface area contributed by atoms with E-state index in [2.05, 4.69) is 34.7 Å². The summed E-state index contributed by atoms with van der Waals surface area (Å²) in [5.74, 6) is 2.84. The lowest BCUT2D eigenvalue weighted by Gasteiger charge is -2.29. The van der Waals surface area contributed by atoms with E-state index >= 15 is 0 Å². The van der Waals surface area contributed by atoms with Gasteiger partial charge in [-0.3, -0.25) is 19.5 Å². The molecule has 6 atom stereocenters. The van der Waals surface area contributed by atoms with E-state index in [0.29, 0.717) is 24.9 Å².